The summed E-state index contributed by atoms with van der Waals surface area (Å²) in [5, 5.41) is 13.2. The second kappa shape index (κ2) is 39.2. The summed E-state index contributed by atoms with van der Waals surface area (Å²) < 4.78 is 128. The number of benzene rings is 10. The Balaban J connectivity index is 0.847. The van der Waals surface area contributed by atoms with Gasteiger partial charge in [0, 0.05) is 5.56 Å². The van der Waals surface area contributed by atoms with Gasteiger partial charge in [-0.25, -0.2) is 0 Å². The first kappa shape index (κ1) is 81.0. The predicted molar refractivity (Wildman–Crippen MR) is 427 cm³/mol. The van der Waals surface area contributed by atoms with Gasteiger partial charge in [-0.2, -0.15) is 0 Å². The van der Waals surface area contributed by atoms with Crippen molar-refractivity contribution in [2.24, 2.45) is 0 Å². The minimum Gasteiger partial charge on any atom is -0.497 e. The zero-order valence-electron chi connectivity index (χ0n) is 65.3. The van der Waals surface area contributed by atoms with Crippen molar-refractivity contribution in [2.45, 2.75) is 189 Å². The summed E-state index contributed by atoms with van der Waals surface area (Å²) in [6.07, 6.45) is -24.1. The SMILES string of the molecule is COc1ccc(O[C@@H]2O[C@H](COCc3ccccc3)[C@@H](O[C@H]3O[C@@H]4COC(c5ccccc5)O[C@H]4[C@H](OCc4ccccc4)[C@H]3OCc3ccccc3)[C@H](OC3OC(C)C(OCc4ccccc4)C(O[C@H]4O[C@@H](C)[C@H](OCc5ccccc5)[C@@H](OCc5ccccc5)[C@H]4O)C3OCc3ccccc3)[C@H]2N2C(=O)c3ccccc3C2=O)cc1. The van der Waals surface area contributed by atoms with E-state index < -0.39 is 141 Å². The van der Waals surface area contributed by atoms with Gasteiger partial charge in [0.05, 0.1) is 89.9 Å². The molecule has 6 heterocycles. The standard InChI is InChI=1S/C95H97NO21/c1-61-79(102-53-64-32-14-5-15-33-64)84(104-55-66-36-18-7-19-37-66)78(97)93(109-61)117-86-80(103-54-65-34-16-6-17-35-65)62(2)110-94(88(86)107-58-69-42-24-10-25-43-69)116-83-77(96-89(98)73-46-28-29-47-74(73)90(96)99)92(111-72-50-48-71(100-3)49-51-72)112-75(59-101-52-63-30-12-4-13-31-63)81(83)115-95-87(106-57-68-40-22-9-23-41-68)85(105-56-67-38-20-8-21-39-67)82-76(113-95)60-108-91(114-82)70-44-26-11-27-45-70/h4-51,61-62,75-88,91-95,97H,52-60H2,1-3H3/t61-,62?,75+,76+,77+,78+,79-,80?,81+,82+,83+,84-,85-,86?,87+,88?,91?,92+,93+,94?,95+/m0/s1. The van der Waals surface area contributed by atoms with Gasteiger partial charge in [-0.05, 0) is 89.2 Å². The average Bonchev–Trinajstić information content (AvgIpc) is 1.70. The van der Waals surface area contributed by atoms with Crippen LogP contribution in [0.4, 0.5) is 0 Å². The Morgan fingerprint density at radius 1 is 0.359 bits per heavy atom. The molecule has 22 heteroatoms. The monoisotopic (exact) mass is 1590 g/mol. The van der Waals surface area contributed by atoms with Gasteiger partial charge in [0.2, 0.25) is 6.29 Å². The van der Waals surface area contributed by atoms with Gasteiger partial charge in [-0.3, -0.25) is 14.5 Å². The Morgan fingerprint density at radius 2 is 0.735 bits per heavy atom. The molecular formula is C95H97NO21. The van der Waals surface area contributed by atoms with Crippen LogP contribution in [0.25, 0.3) is 0 Å². The van der Waals surface area contributed by atoms with Crippen LogP contribution in [-0.2, 0) is 122 Å². The van der Waals surface area contributed by atoms with E-state index in [1.165, 1.54) is 0 Å². The van der Waals surface area contributed by atoms with E-state index in [0.29, 0.717) is 5.75 Å². The number of nitrogens with zero attached hydrogens (tertiary/aromatic N) is 1. The predicted octanol–water partition coefficient (Wildman–Crippen LogP) is 14.0. The zero-order chi connectivity index (χ0) is 79.8. The minimum absolute atomic E-state index is 0.00340. The molecule has 21 atom stereocenters. The van der Waals surface area contributed by atoms with Gasteiger partial charge >= 0.3 is 0 Å². The van der Waals surface area contributed by atoms with Crippen molar-refractivity contribution in [3.8, 4) is 11.5 Å². The van der Waals surface area contributed by atoms with E-state index in [-0.39, 0.29) is 76.3 Å². The van der Waals surface area contributed by atoms with E-state index in [1.54, 1.807) is 55.6 Å². The fourth-order valence-corrected chi connectivity index (χ4v) is 15.9. The number of carbonyl (C=O) groups is 2. The molecule has 0 saturated carbocycles. The molecule has 22 nitrogen and oxygen atoms in total. The summed E-state index contributed by atoms with van der Waals surface area (Å²) in [6, 6.07) is 89.3. The quantitative estimate of drug-likeness (QED) is 0.0377. The lowest BCUT2D eigenvalue weighted by Gasteiger charge is -2.53. The maximum Gasteiger partial charge on any atom is 0.262 e. The van der Waals surface area contributed by atoms with Crippen LogP contribution in [0.2, 0.25) is 0 Å². The van der Waals surface area contributed by atoms with Crippen molar-refractivity contribution in [3.05, 3.63) is 347 Å². The normalized spacial score (nSPS) is 29.0. The lowest BCUT2D eigenvalue weighted by molar-refractivity contribution is -0.403. The molecule has 5 saturated heterocycles. The second-order valence-electron chi connectivity index (χ2n) is 29.9. The molecule has 1 N–H and O–H groups in total. The number of imide groups is 1. The molecule has 10 aromatic carbocycles. The molecule has 6 aliphatic rings. The number of aliphatic hydroxyl groups is 1. The van der Waals surface area contributed by atoms with E-state index in [0.717, 1.165) is 49.4 Å². The molecule has 0 aliphatic carbocycles. The molecule has 0 bridgehead atoms. The van der Waals surface area contributed by atoms with Gasteiger partial charge < -0.3 is 90.4 Å². The van der Waals surface area contributed by atoms with Gasteiger partial charge in [-0.1, -0.05) is 255 Å². The van der Waals surface area contributed by atoms with E-state index in [9.17, 15) is 5.11 Å². The highest BCUT2D eigenvalue weighted by Crippen LogP contribution is 2.44. The van der Waals surface area contributed by atoms with Crippen LogP contribution in [0.5, 0.6) is 11.5 Å². The number of aliphatic hydroxyl groups excluding tert-OH is 1. The summed E-state index contributed by atoms with van der Waals surface area (Å²) in [5.41, 5.74) is 6.93. The number of ether oxygens (including phenoxy) is 18. The number of fused-ring (bicyclic) bond motifs is 2. The number of amides is 2. The van der Waals surface area contributed by atoms with Gasteiger partial charge in [-0.15, -0.1) is 0 Å². The molecule has 10 aromatic rings. The van der Waals surface area contributed by atoms with Crippen molar-refractivity contribution in [3.63, 3.8) is 0 Å². The Hall–Kier alpha value is -9.74. The smallest absolute Gasteiger partial charge is 0.262 e. The highest BCUT2D eigenvalue weighted by atomic mass is 16.8. The maximum absolute atomic E-state index is 16.0. The summed E-state index contributed by atoms with van der Waals surface area (Å²) >= 11 is 0. The fourth-order valence-electron chi connectivity index (χ4n) is 15.9. The van der Waals surface area contributed by atoms with Crippen LogP contribution in [-0.4, -0.2) is 165 Å². The van der Waals surface area contributed by atoms with Crippen molar-refractivity contribution >= 4 is 11.8 Å². The number of hydrogen-bond acceptors (Lipinski definition) is 21. The van der Waals surface area contributed by atoms with Crippen LogP contribution >= 0.6 is 0 Å². The number of rotatable bonds is 33. The Bertz CT molecular complexity index is 4670. The van der Waals surface area contributed by atoms with Crippen molar-refractivity contribution < 1.29 is 100.0 Å². The first-order valence-electron chi connectivity index (χ1n) is 39.9. The second-order valence-corrected chi connectivity index (χ2v) is 29.9. The van der Waals surface area contributed by atoms with Crippen molar-refractivity contribution in [1.29, 1.82) is 0 Å². The number of hydrogen-bond donors (Lipinski definition) is 1. The van der Waals surface area contributed by atoms with Gasteiger partial charge in [0.15, 0.2) is 25.2 Å². The molecule has 608 valence electrons. The van der Waals surface area contributed by atoms with Crippen LogP contribution in [0.15, 0.2) is 291 Å². The Labute approximate surface area is 681 Å². The first-order valence-corrected chi connectivity index (χ1v) is 39.9. The van der Waals surface area contributed by atoms with Gasteiger partial charge in [0.25, 0.3) is 11.8 Å². The van der Waals surface area contributed by atoms with E-state index >= 15 is 9.59 Å². The molecule has 117 heavy (non-hydrogen) atoms. The molecule has 0 radical (unpaired) electrons. The molecule has 6 unspecified atom stereocenters. The Kier molecular flexibility index (Phi) is 27.2. The van der Waals surface area contributed by atoms with Crippen LogP contribution in [0.1, 0.15) is 85.4 Å². The van der Waals surface area contributed by atoms with E-state index in [2.05, 4.69) is 0 Å². The lowest BCUT2D eigenvalue weighted by Crippen LogP contribution is -2.71. The fraction of sp³-hybridized carbons (Fsp3) is 0.347. The third kappa shape index (κ3) is 19.7. The molecule has 0 spiro atoms. The summed E-state index contributed by atoms with van der Waals surface area (Å²) in [6.45, 7) is 4.00. The number of methoxy groups -OCH3 is 1. The minimum atomic E-state index is -1.63. The van der Waals surface area contributed by atoms with Gasteiger partial charge in [0.1, 0.15) is 96.9 Å². The molecule has 0 aromatic heterocycles. The maximum atomic E-state index is 16.0. The van der Waals surface area contributed by atoms with Crippen LogP contribution in [0.3, 0.4) is 0 Å². The molecule has 6 aliphatic heterocycles. The molecular weight excluding hydrogens is 1490 g/mol. The third-order valence-corrected chi connectivity index (χ3v) is 21.9. The molecule has 2 amide bonds. The average molecular weight is 1590 g/mol. The first-order chi connectivity index (χ1) is 57.5. The highest BCUT2D eigenvalue weighted by Gasteiger charge is 2.62. The Morgan fingerprint density at radius 3 is 1.21 bits per heavy atom. The zero-order valence-corrected chi connectivity index (χ0v) is 65.3. The van der Waals surface area contributed by atoms with Crippen molar-refractivity contribution in [1.82, 2.24) is 4.90 Å². The molecule has 5 fully saturated rings. The van der Waals surface area contributed by atoms with Crippen molar-refractivity contribution in [2.75, 3.05) is 20.3 Å². The summed E-state index contributed by atoms with van der Waals surface area (Å²) in [5.74, 6) is -0.574. The van der Waals surface area contributed by atoms with E-state index in [4.69, 9.17) is 85.3 Å². The third-order valence-electron chi connectivity index (χ3n) is 21.9. The van der Waals surface area contributed by atoms with Crippen LogP contribution in [0, 0.1) is 0 Å². The van der Waals surface area contributed by atoms with E-state index in [1.807, 2.05) is 257 Å². The van der Waals surface area contributed by atoms with Crippen LogP contribution < -0.4 is 9.47 Å². The number of carbonyl (C=O) groups excluding carboxylic acids is 2. The molecule has 16 rings (SSSR count). The largest absolute Gasteiger partial charge is 0.497 e. The highest BCUT2D eigenvalue weighted by molar-refractivity contribution is 6.21. The summed E-state index contributed by atoms with van der Waals surface area (Å²) in [4.78, 5) is 33.1. The lowest BCUT2D eigenvalue weighted by atomic mass is 9.93. The topological polar surface area (TPSA) is 224 Å². The summed E-state index contributed by atoms with van der Waals surface area (Å²) in [7, 11) is 1.56.